The highest BCUT2D eigenvalue weighted by Gasteiger charge is 2.31. The smallest absolute Gasteiger partial charge is 0.226 e. The van der Waals surface area contributed by atoms with Gasteiger partial charge in [-0.05, 0) is 25.0 Å². The van der Waals surface area contributed by atoms with Gasteiger partial charge >= 0.3 is 0 Å². The van der Waals surface area contributed by atoms with Crippen molar-refractivity contribution in [2.24, 2.45) is 5.92 Å². The summed E-state index contributed by atoms with van der Waals surface area (Å²) < 4.78 is 2.25. The minimum Gasteiger partial charge on any atom is -0.333 e. The maximum atomic E-state index is 12.3. The van der Waals surface area contributed by atoms with Gasteiger partial charge in [-0.2, -0.15) is 0 Å². The molecule has 1 aromatic carbocycles. The van der Waals surface area contributed by atoms with E-state index in [0.29, 0.717) is 12.5 Å². The number of imidazole rings is 1. The number of benzene rings is 1. The molecule has 0 saturated heterocycles. The fourth-order valence-corrected chi connectivity index (χ4v) is 3.07. The zero-order chi connectivity index (χ0) is 12.8. The van der Waals surface area contributed by atoms with Crippen LogP contribution in [0.3, 0.4) is 0 Å². The number of nitrogens with zero attached hydrogens (tertiary/aromatic N) is 3. The van der Waals surface area contributed by atoms with Gasteiger partial charge < -0.3 is 9.47 Å². The summed E-state index contributed by atoms with van der Waals surface area (Å²) in [7, 11) is 0. The minimum atomic E-state index is 0.288. The number of hydrogen-bond acceptors (Lipinski definition) is 2. The third-order valence-corrected chi connectivity index (χ3v) is 4.43. The number of carbonyl (C=O) groups is 1. The third-order valence-electron chi connectivity index (χ3n) is 4.43. The molecule has 4 rings (SSSR count). The van der Waals surface area contributed by atoms with E-state index < -0.39 is 0 Å². The molecule has 0 unspecified atom stereocenters. The number of fused-ring (bicyclic) bond motifs is 3. The molecule has 1 saturated carbocycles. The number of carbonyl (C=O) groups excluding carboxylic acids is 1. The van der Waals surface area contributed by atoms with Crippen molar-refractivity contribution in [3.05, 3.63) is 30.1 Å². The number of hydrogen-bond donors (Lipinski definition) is 0. The highest BCUT2D eigenvalue weighted by atomic mass is 16.2. The van der Waals surface area contributed by atoms with E-state index in [2.05, 4.69) is 15.6 Å². The molecule has 4 heteroatoms. The van der Waals surface area contributed by atoms with E-state index >= 15 is 0 Å². The summed E-state index contributed by atoms with van der Waals surface area (Å²) in [5.41, 5.74) is 2.23. The molecule has 0 spiro atoms. The van der Waals surface area contributed by atoms with Gasteiger partial charge in [0.05, 0.1) is 17.6 Å². The second-order valence-corrected chi connectivity index (χ2v) is 5.56. The predicted molar refractivity (Wildman–Crippen MR) is 72.5 cm³/mol. The maximum Gasteiger partial charge on any atom is 0.226 e. The first-order chi connectivity index (χ1) is 9.33. The average Bonchev–Trinajstić information content (AvgIpc) is 2.74. The lowest BCUT2D eigenvalue weighted by Gasteiger charge is -2.34. The molecule has 0 atom stereocenters. The van der Waals surface area contributed by atoms with E-state index in [-0.39, 0.29) is 5.92 Å². The Morgan fingerprint density at radius 3 is 2.84 bits per heavy atom. The van der Waals surface area contributed by atoms with Crippen LogP contribution >= 0.6 is 0 Å². The van der Waals surface area contributed by atoms with E-state index in [4.69, 9.17) is 0 Å². The van der Waals surface area contributed by atoms with Crippen molar-refractivity contribution in [3.63, 3.8) is 0 Å². The highest BCUT2D eigenvalue weighted by Crippen LogP contribution is 2.30. The first kappa shape index (κ1) is 11.0. The van der Waals surface area contributed by atoms with Crippen molar-refractivity contribution in [1.82, 2.24) is 14.5 Å². The lowest BCUT2D eigenvalue weighted by atomic mass is 9.84. The first-order valence-electron chi connectivity index (χ1n) is 7.06. The van der Waals surface area contributed by atoms with Gasteiger partial charge in [0, 0.05) is 19.0 Å². The molecule has 2 aromatic rings. The molecule has 98 valence electrons. The molecule has 0 N–H and O–H groups in total. The van der Waals surface area contributed by atoms with Gasteiger partial charge in [-0.3, -0.25) is 4.79 Å². The molecule has 2 aliphatic rings. The molecule has 1 fully saturated rings. The van der Waals surface area contributed by atoms with Crippen LogP contribution in [0.2, 0.25) is 0 Å². The SMILES string of the molecule is O=C(C1CCC1)N1CCn2c(nc3ccccc32)C1. The molecule has 0 radical (unpaired) electrons. The normalized spacial score (nSPS) is 19.3. The molecule has 4 nitrogen and oxygen atoms in total. The van der Waals surface area contributed by atoms with E-state index in [9.17, 15) is 4.79 Å². The number of aromatic nitrogens is 2. The van der Waals surface area contributed by atoms with Gasteiger partial charge in [0.1, 0.15) is 5.82 Å². The van der Waals surface area contributed by atoms with Crippen molar-refractivity contribution in [2.45, 2.75) is 32.4 Å². The molecule has 1 aromatic heterocycles. The van der Waals surface area contributed by atoms with Crippen molar-refractivity contribution in [2.75, 3.05) is 6.54 Å². The Labute approximate surface area is 112 Å². The van der Waals surface area contributed by atoms with E-state index in [1.54, 1.807) is 0 Å². The summed E-state index contributed by atoms with van der Waals surface area (Å²) >= 11 is 0. The molecule has 2 heterocycles. The van der Waals surface area contributed by atoms with E-state index in [1.807, 2.05) is 23.1 Å². The Hall–Kier alpha value is -1.84. The second-order valence-electron chi connectivity index (χ2n) is 5.56. The van der Waals surface area contributed by atoms with E-state index in [0.717, 1.165) is 37.3 Å². The topological polar surface area (TPSA) is 38.1 Å². The van der Waals surface area contributed by atoms with Crippen molar-refractivity contribution in [3.8, 4) is 0 Å². The quantitative estimate of drug-likeness (QED) is 0.783. The average molecular weight is 255 g/mol. The molecule has 0 bridgehead atoms. The lowest BCUT2D eigenvalue weighted by molar-refractivity contribution is -0.139. The Bertz CT molecular complexity index is 642. The van der Waals surface area contributed by atoms with Gasteiger partial charge in [0.25, 0.3) is 0 Å². The summed E-state index contributed by atoms with van der Waals surface area (Å²) in [6, 6.07) is 8.20. The van der Waals surface area contributed by atoms with Gasteiger partial charge in [0.15, 0.2) is 0 Å². The summed E-state index contributed by atoms with van der Waals surface area (Å²) in [5.74, 6) is 1.65. The monoisotopic (exact) mass is 255 g/mol. The molecular formula is C15H17N3O. The van der Waals surface area contributed by atoms with Crippen LogP contribution in [0.15, 0.2) is 24.3 Å². The minimum absolute atomic E-state index is 0.288. The summed E-state index contributed by atoms with van der Waals surface area (Å²) in [4.78, 5) is 18.9. The van der Waals surface area contributed by atoms with Crippen molar-refractivity contribution >= 4 is 16.9 Å². The van der Waals surface area contributed by atoms with Gasteiger partial charge in [-0.1, -0.05) is 18.6 Å². The standard InChI is InChI=1S/C15H17N3O/c19-15(11-4-3-5-11)17-8-9-18-13-7-2-1-6-12(13)16-14(18)10-17/h1-2,6-7,11H,3-5,8-10H2. The fourth-order valence-electron chi connectivity index (χ4n) is 3.07. The largest absolute Gasteiger partial charge is 0.333 e. The van der Waals surface area contributed by atoms with Crippen LogP contribution in [-0.4, -0.2) is 26.9 Å². The van der Waals surface area contributed by atoms with Crippen LogP contribution in [0.4, 0.5) is 0 Å². The van der Waals surface area contributed by atoms with Crippen molar-refractivity contribution in [1.29, 1.82) is 0 Å². The number of para-hydroxylation sites is 2. The molecule has 19 heavy (non-hydrogen) atoms. The van der Waals surface area contributed by atoms with Crippen LogP contribution in [0.25, 0.3) is 11.0 Å². The van der Waals surface area contributed by atoms with Crippen LogP contribution in [0.1, 0.15) is 25.1 Å². The van der Waals surface area contributed by atoms with E-state index in [1.165, 1.54) is 11.9 Å². The Morgan fingerprint density at radius 2 is 2.05 bits per heavy atom. The Balaban J connectivity index is 1.64. The van der Waals surface area contributed by atoms with Gasteiger partial charge in [0.2, 0.25) is 5.91 Å². The molecule has 1 amide bonds. The highest BCUT2D eigenvalue weighted by molar-refractivity contribution is 5.80. The number of rotatable bonds is 1. The second kappa shape index (κ2) is 4.08. The zero-order valence-electron chi connectivity index (χ0n) is 10.9. The van der Waals surface area contributed by atoms with Crippen LogP contribution in [-0.2, 0) is 17.9 Å². The predicted octanol–water partition coefficient (Wildman–Crippen LogP) is 2.18. The molecule has 1 aliphatic heterocycles. The number of amides is 1. The van der Waals surface area contributed by atoms with Crippen molar-refractivity contribution < 1.29 is 4.79 Å². The zero-order valence-corrected chi connectivity index (χ0v) is 10.9. The fraction of sp³-hybridized carbons (Fsp3) is 0.467. The molecule has 1 aliphatic carbocycles. The first-order valence-corrected chi connectivity index (χ1v) is 7.06. The van der Waals surface area contributed by atoms with Crippen LogP contribution in [0.5, 0.6) is 0 Å². The van der Waals surface area contributed by atoms with Crippen LogP contribution < -0.4 is 0 Å². The lowest BCUT2D eigenvalue weighted by Crippen LogP contribution is -2.43. The molecular weight excluding hydrogens is 238 g/mol. The van der Waals surface area contributed by atoms with Gasteiger partial charge in [-0.15, -0.1) is 0 Å². The maximum absolute atomic E-state index is 12.3. The summed E-state index contributed by atoms with van der Waals surface area (Å²) in [6.07, 6.45) is 3.36. The third kappa shape index (κ3) is 1.66. The van der Waals surface area contributed by atoms with Gasteiger partial charge in [-0.25, -0.2) is 4.98 Å². The Morgan fingerprint density at radius 1 is 1.21 bits per heavy atom. The summed E-state index contributed by atoms with van der Waals surface area (Å²) in [6.45, 7) is 2.36. The summed E-state index contributed by atoms with van der Waals surface area (Å²) in [5, 5.41) is 0. The Kier molecular flexibility index (Phi) is 2.37. The van der Waals surface area contributed by atoms with Crippen LogP contribution in [0, 0.1) is 5.92 Å².